The number of esters is 1. The van der Waals surface area contributed by atoms with Crippen LogP contribution in [0.1, 0.15) is 18.4 Å². The Morgan fingerprint density at radius 3 is 2.68 bits per heavy atom. The summed E-state index contributed by atoms with van der Waals surface area (Å²) >= 11 is 5.93. The molecule has 1 aliphatic carbocycles. The van der Waals surface area contributed by atoms with E-state index < -0.39 is 5.97 Å². The first kappa shape index (κ1) is 15.2. The van der Waals surface area contributed by atoms with E-state index in [4.69, 9.17) is 21.1 Å². The van der Waals surface area contributed by atoms with Crippen molar-refractivity contribution in [2.45, 2.75) is 18.9 Å². The first-order valence-corrected chi connectivity index (χ1v) is 7.64. The van der Waals surface area contributed by atoms with Gasteiger partial charge in [0.1, 0.15) is 6.10 Å². The van der Waals surface area contributed by atoms with Crippen molar-refractivity contribution >= 4 is 29.1 Å². The molecule has 0 bridgehead atoms. The topological polar surface area (TPSA) is 60.2 Å². The van der Waals surface area contributed by atoms with Crippen LogP contribution in [-0.4, -0.2) is 43.9 Å². The van der Waals surface area contributed by atoms with Crippen LogP contribution in [0.5, 0.6) is 0 Å². The Morgan fingerprint density at radius 1 is 1.32 bits per heavy atom. The third-order valence-corrected chi connectivity index (χ3v) is 3.93. The van der Waals surface area contributed by atoms with Gasteiger partial charge in [-0.1, -0.05) is 23.7 Å². The van der Waals surface area contributed by atoms with Crippen LogP contribution in [-0.2, 0) is 14.3 Å². The Bertz CT molecular complexity index is 621. The van der Waals surface area contributed by atoms with E-state index in [1.807, 2.05) is 12.1 Å². The zero-order chi connectivity index (χ0) is 15.5. The molecular formula is C16H17ClN2O3. The van der Waals surface area contributed by atoms with Crippen molar-refractivity contribution in [1.82, 2.24) is 0 Å². The second-order valence-corrected chi connectivity index (χ2v) is 5.86. The fourth-order valence-electron chi connectivity index (χ4n) is 2.22. The van der Waals surface area contributed by atoms with Crippen molar-refractivity contribution in [2.75, 3.05) is 20.3 Å². The number of rotatable bonds is 5. The number of carbonyl (C=O) groups is 1. The van der Waals surface area contributed by atoms with E-state index in [0.29, 0.717) is 29.8 Å². The predicted octanol–water partition coefficient (Wildman–Crippen LogP) is 2.51. The number of carbonyl (C=O) groups excluding carboxylic acids is 1. The zero-order valence-electron chi connectivity index (χ0n) is 12.3. The molecule has 5 nitrogen and oxygen atoms in total. The number of ether oxygens (including phenoxy) is 2. The molecule has 6 heteroatoms. The summed E-state index contributed by atoms with van der Waals surface area (Å²) in [5.41, 5.74) is 1.58. The molecule has 0 saturated heterocycles. The number of hydrogen-bond acceptors (Lipinski definition) is 5. The van der Waals surface area contributed by atoms with Crippen LogP contribution in [0.2, 0.25) is 5.02 Å². The molecule has 1 aliphatic heterocycles. The van der Waals surface area contributed by atoms with Crippen molar-refractivity contribution in [1.29, 1.82) is 0 Å². The van der Waals surface area contributed by atoms with E-state index in [9.17, 15) is 4.79 Å². The Morgan fingerprint density at radius 2 is 2.05 bits per heavy atom. The second-order valence-electron chi connectivity index (χ2n) is 5.43. The largest absolute Gasteiger partial charge is 0.463 e. The highest BCUT2D eigenvalue weighted by Gasteiger charge is 2.29. The molecule has 1 heterocycles. The summed E-state index contributed by atoms with van der Waals surface area (Å²) in [6, 6.07) is 7.32. The highest BCUT2D eigenvalue weighted by Crippen LogP contribution is 2.29. The normalized spacial score (nSPS) is 21.1. The van der Waals surface area contributed by atoms with E-state index in [1.165, 1.54) is 20.0 Å². The van der Waals surface area contributed by atoms with Gasteiger partial charge in [-0.2, -0.15) is 0 Å². The minimum atomic E-state index is -0.535. The van der Waals surface area contributed by atoms with Gasteiger partial charge < -0.3 is 9.47 Å². The Kier molecular flexibility index (Phi) is 4.55. The van der Waals surface area contributed by atoms with Crippen LogP contribution >= 0.6 is 11.6 Å². The molecule has 1 atom stereocenters. The average Bonchev–Trinajstić information content (AvgIpc) is 3.37. The summed E-state index contributed by atoms with van der Waals surface area (Å²) in [7, 11) is 1.32. The average molecular weight is 321 g/mol. The van der Waals surface area contributed by atoms with Gasteiger partial charge in [0.15, 0.2) is 0 Å². The quantitative estimate of drug-likeness (QED) is 0.783. The molecule has 116 valence electrons. The van der Waals surface area contributed by atoms with E-state index in [2.05, 4.69) is 9.98 Å². The van der Waals surface area contributed by atoms with Gasteiger partial charge in [-0.25, -0.2) is 9.79 Å². The molecule has 1 aromatic carbocycles. The SMILES string of the molecule is COC(=O)C1=NCC(OCC2CC2)C(c2ccc(Cl)cc2)=N1. The third kappa shape index (κ3) is 3.54. The first-order chi connectivity index (χ1) is 10.7. The fourth-order valence-corrected chi connectivity index (χ4v) is 2.34. The molecule has 0 spiro atoms. The molecule has 1 saturated carbocycles. The van der Waals surface area contributed by atoms with Crippen molar-refractivity contribution in [3.8, 4) is 0 Å². The second kappa shape index (κ2) is 6.58. The molecule has 1 unspecified atom stereocenters. The van der Waals surface area contributed by atoms with Crippen LogP contribution in [0.25, 0.3) is 0 Å². The lowest BCUT2D eigenvalue weighted by atomic mass is 10.0. The van der Waals surface area contributed by atoms with Gasteiger partial charge in [0.2, 0.25) is 5.84 Å². The summed E-state index contributed by atoms with van der Waals surface area (Å²) in [5.74, 6) is 0.197. The lowest BCUT2D eigenvalue weighted by Crippen LogP contribution is -2.35. The lowest BCUT2D eigenvalue weighted by molar-refractivity contribution is -0.132. The van der Waals surface area contributed by atoms with Crippen LogP contribution in [0.4, 0.5) is 0 Å². The van der Waals surface area contributed by atoms with Crippen molar-refractivity contribution < 1.29 is 14.3 Å². The molecule has 0 aromatic heterocycles. The molecular weight excluding hydrogens is 304 g/mol. The zero-order valence-corrected chi connectivity index (χ0v) is 13.0. The maximum Gasteiger partial charge on any atom is 0.375 e. The van der Waals surface area contributed by atoms with Crippen LogP contribution in [0, 0.1) is 5.92 Å². The summed E-state index contributed by atoms with van der Waals surface area (Å²) < 4.78 is 10.6. The van der Waals surface area contributed by atoms with Gasteiger partial charge in [0, 0.05) is 5.02 Å². The summed E-state index contributed by atoms with van der Waals surface area (Å²) in [5, 5.41) is 0.650. The van der Waals surface area contributed by atoms with Gasteiger partial charge in [-0.3, -0.25) is 4.99 Å². The number of amidine groups is 1. The monoisotopic (exact) mass is 320 g/mol. The van der Waals surface area contributed by atoms with Crippen LogP contribution < -0.4 is 0 Å². The summed E-state index contributed by atoms with van der Waals surface area (Å²) in [4.78, 5) is 20.2. The van der Waals surface area contributed by atoms with Crippen LogP contribution in [0.15, 0.2) is 34.3 Å². The molecule has 0 N–H and O–H groups in total. The van der Waals surface area contributed by atoms with E-state index in [1.54, 1.807) is 12.1 Å². The Hall–Kier alpha value is -1.72. The fraction of sp³-hybridized carbons (Fsp3) is 0.438. The highest BCUT2D eigenvalue weighted by molar-refractivity contribution is 6.39. The molecule has 22 heavy (non-hydrogen) atoms. The van der Waals surface area contributed by atoms with Gasteiger partial charge in [0.05, 0.1) is 26.0 Å². The number of aliphatic imine (C=N–C) groups is 2. The van der Waals surface area contributed by atoms with E-state index in [0.717, 1.165) is 5.56 Å². The predicted molar refractivity (Wildman–Crippen MR) is 84.8 cm³/mol. The van der Waals surface area contributed by atoms with E-state index in [-0.39, 0.29) is 11.9 Å². The number of hydrogen-bond donors (Lipinski definition) is 0. The first-order valence-electron chi connectivity index (χ1n) is 7.26. The number of methoxy groups -OCH3 is 1. The molecule has 2 aliphatic rings. The molecule has 1 aromatic rings. The molecule has 1 fully saturated rings. The highest BCUT2D eigenvalue weighted by atomic mass is 35.5. The maximum absolute atomic E-state index is 11.7. The number of benzene rings is 1. The lowest BCUT2D eigenvalue weighted by Gasteiger charge is -2.22. The minimum absolute atomic E-state index is 0.0821. The maximum atomic E-state index is 11.7. The standard InChI is InChI=1S/C16H17ClN2O3/c1-21-16(20)15-18-8-13(22-9-10-2-3-10)14(19-15)11-4-6-12(17)7-5-11/h4-7,10,13H,2-3,8-9H2,1H3. The van der Waals surface area contributed by atoms with E-state index >= 15 is 0 Å². The number of nitrogens with zero attached hydrogens (tertiary/aromatic N) is 2. The molecule has 3 rings (SSSR count). The van der Waals surface area contributed by atoms with Gasteiger partial charge in [-0.15, -0.1) is 0 Å². The molecule has 0 amide bonds. The smallest absolute Gasteiger partial charge is 0.375 e. The van der Waals surface area contributed by atoms with Crippen molar-refractivity contribution in [3.63, 3.8) is 0 Å². The third-order valence-electron chi connectivity index (χ3n) is 3.68. The number of halogens is 1. The van der Waals surface area contributed by atoms with Crippen LogP contribution in [0.3, 0.4) is 0 Å². The van der Waals surface area contributed by atoms with Crippen molar-refractivity contribution in [2.24, 2.45) is 15.9 Å². The molecule has 0 radical (unpaired) electrons. The van der Waals surface area contributed by atoms with Gasteiger partial charge in [0.25, 0.3) is 0 Å². The Balaban J connectivity index is 1.84. The minimum Gasteiger partial charge on any atom is -0.463 e. The summed E-state index contributed by atoms with van der Waals surface area (Å²) in [6.45, 7) is 1.08. The van der Waals surface area contributed by atoms with Gasteiger partial charge in [-0.05, 0) is 36.5 Å². The summed E-state index contributed by atoms with van der Waals surface area (Å²) in [6.07, 6.45) is 2.20. The van der Waals surface area contributed by atoms with Gasteiger partial charge >= 0.3 is 5.97 Å². The van der Waals surface area contributed by atoms with Crippen molar-refractivity contribution in [3.05, 3.63) is 34.9 Å². The Labute approximate surface area is 134 Å².